The minimum Gasteiger partial charge on any atom is -0.507 e. The molecule has 162 valence electrons. The molecule has 0 aliphatic rings. The Morgan fingerprint density at radius 1 is 0.688 bits per heavy atom. The average Bonchev–Trinajstić information content (AvgIpc) is 2.80. The molecule has 0 heterocycles. The predicted molar refractivity (Wildman–Crippen MR) is 140 cm³/mol. The lowest BCUT2D eigenvalue weighted by atomic mass is 9.98. The highest BCUT2D eigenvalue weighted by atomic mass is 31.1. The van der Waals surface area contributed by atoms with Gasteiger partial charge in [0.2, 0.25) is 0 Å². The maximum atomic E-state index is 11.3. The van der Waals surface area contributed by atoms with Crippen molar-refractivity contribution in [2.45, 2.75) is 32.9 Å². The van der Waals surface area contributed by atoms with Crippen LogP contribution in [-0.2, 0) is 6.54 Å². The van der Waals surface area contributed by atoms with Crippen molar-refractivity contribution >= 4 is 19.2 Å². The van der Waals surface area contributed by atoms with Crippen LogP contribution in [0.2, 0.25) is 0 Å². The topological polar surface area (TPSA) is 32.3 Å². The summed E-state index contributed by atoms with van der Waals surface area (Å²) in [6, 6.07) is 33.3. The Balaban J connectivity index is 1.78. The van der Waals surface area contributed by atoms with E-state index < -0.39 is 0 Å². The summed E-state index contributed by atoms with van der Waals surface area (Å²) in [7, 11) is 0.360. The van der Waals surface area contributed by atoms with Crippen molar-refractivity contribution in [2.75, 3.05) is 0 Å². The summed E-state index contributed by atoms with van der Waals surface area (Å²) in [5.41, 5.74) is 5.49. The van der Waals surface area contributed by atoms with Crippen molar-refractivity contribution in [3.8, 4) is 28.0 Å². The zero-order valence-electron chi connectivity index (χ0n) is 18.9. The average molecular weight is 440 g/mol. The first-order chi connectivity index (χ1) is 15.4. The second-order valence-corrected chi connectivity index (χ2v) is 10.4. The third-order valence-electron chi connectivity index (χ3n) is 5.40. The summed E-state index contributed by atoms with van der Waals surface area (Å²) in [6.07, 6.45) is 0. The van der Waals surface area contributed by atoms with Crippen LogP contribution in [0, 0.1) is 0 Å². The largest absolute Gasteiger partial charge is 0.507 e. The minimum atomic E-state index is 0.0477. The molecule has 2 nitrogen and oxygen atoms in total. The Kier molecular flexibility index (Phi) is 6.74. The van der Waals surface area contributed by atoms with Gasteiger partial charge in [0, 0.05) is 23.0 Å². The molecule has 2 N–H and O–H groups in total. The zero-order valence-corrected chi connectivity index (χ0v) is 19.9. The first-order valence-electron chi connectivity index (χ1n) is 11.0. The molecule has 3 heteroatoms. The molecule has 0 saturated heterocycles. The molecule has 1 unspecified atom stereocenters. The zero-order chi connectivity index (χ0) is 22.6. The van der Waals surface area contributed by atoms with Crippen LogP contribution in [0.3, 0.4) is 0 Å². The smallest absolute Gasteiger partial charge is 0.131 e. The van der Waals surface area contributed by atoms with E-state index in [0.29, 0.717) is 14.3 Å². The second-order valence-electron chi connectivity index (χ2n) is 9.04. The van der Waals surface area contributed by atoms with Gasteiger partial charge in [-0.15, -0.1) is 0 Å². The summed E-state index contributed by atoms with van der Waals surface area (Å²) >= 11 is 0. The Hall–Kier alpha value is -2.93. The number of benzene rings is 4. The molecule has 32 heavy (non-hydrogen) atoms. The molecule has 0 aliphatic carbocycles. The Bertz CT molecular complexity index is 1180. The molecule has 0 saturated carbocycles. The number of nitrogens with one attached hydrogen (secondary N) is 1. The van der Waals surface area contributed by atoms with E-state index >= 15 is 0 Å². The highest BCUT2D eigenvalue weighted by Crippen LogP contribution is 2.35. The van der Waals surface area contributed by atoms with Crippen LogP contribution in [0.15, 0.2) is 97.1 Å². The summed E-state index contributed by atoms with van der Waals surface area (Å²) in [5.74, 6) is 0.368. The van der Waals surface area contributed by atoms with E-state index in [9.17, 15) is 5.11 Å². The van der Waals surface area contributed by atoms with E-state index in [2.05, 4.69) is 98.9 Å². The Morgan fingerprint density at radius 2 is 1.28 bits per heavy atom. The van der Waals surface area contributed by atoms with Crippen LogP contribution in [0.4, 0.5) is 0 Å². The first kappa shape index (κ1) is 22.3. The van der Waals surface area contributed by atoms with E-state index in [1.54, 1.807) is 0 Å². The lowest BCUT2D eigenvalue weighted by Crippen LogP contribution is -2.36. The molecular weight excluding hydrogens is 409 g/mol. The van der Waals surface area contributed by atoms with Crippen LogP contribution in [0.25, 0.3) is 22.3 Å². The minimum absolute atomic E-state index is 0.0477. The first-order valence-corrected chi connectivity index (χ1v) is 12.0. The van der Waals surface area contributed by atoms with Crippen molar-refractivity contribution in [1.82, 2.24) is 5.32 Å². The van der Waals surface area contributed by atoms with Gasteiger partial charge in [-0.05, 0) is 60.5 Å². The Labute approximate surface area is 193 Å². The van der Waals surface area contributed by atoms with Crippen molar-refractivity contribution in [1.29, 1.82) is 0 Å². The number of hydrogen-bond donors (Lipinski definition) is 2. The molecule has 0 spiro atoms. The van der Waals surface area contributed by atoms with E-state index in [1.165, 1.54) is 10.9 Å². The van der Waals surface area contributed by atoms with E-state index in [0.717, 1.165) is 34.1 Å². The number of hydrogen-bond acceptors (Lipinski definition) is 2. The van der Waals surface area contributed by atoms with Gasteiger partial charge < -0.3 is 10.4 Å². The van der Waals surface area contributed by atoms with E-state index in [4.69, 9.17) is 0 Å². The van der Waals surface area contributed by atoms with Crippen molar-refractivity contribution < 1.29 is 5.11 Å². The SMILES string of the molecule is CC(C)(C)NCc1ccccc1Pc1cc(-c2ccccc2)cc(-c2ccccc2)c1O. The lowest BCUT2D eigenvalue weighted by molar-refractivity contribution is 0.425. The molecule has 4 rings (SSSR count). The number of aromatic hydroxyl groups is 1. The molecule has 1 atom stereocenters. The van der Waals surface area contributed by atoms with Gasteiger partial charge in [0.05, 0.1) is 0 Å². The number of phenolic OH excluding ortho intramolecular Hbond substituents is 1. The van der Waals surface area contributed by atoms with Gasteiger partial charge in [0.1, 0.15) is 5.75 Å². The number of phenols is 1. The quantitative estimate of drug-likeness (QED) is 0.348. The monoisotopic (exact) mass is 439 g/mol. The van der Waals surface area contributed by atoms with Crippen LogP contribution in [0.1, 0.15) is 26.3 Å². The highest BCUT2D eigenvalue weighted by Gasteiger charge is 2.16. The van der Waals surface area contributed by atoms with Gasteiger partial charge in [0.25, 0.3) is 0 Å². The molecule has 0 aliphatic heterocycles. The molecule has 0 bridgehead atoms. The van der Waals surface area contributed by atoms with E-state index in [-0.39, 0.29) is 5.54 Å². The molecule has 4 aromatic rings. The van der Waals surface area contributed by atoms with Crippen molar-refractivity contribution in [3.63, 3.8) is 0 Å². The molecular formula is C29H30NOP. The molecule has 0 fully saturated rings. The normalized spacial score (nSPS) is 11.8. The van der Waals surface area contributed by atoms with Gasteiger partial charge in [-0.2, -0.15) is 0 Å². The fourth-order valence-electron chi connectivity index (χ4n) is 3.67. The fraction of sp³-hybridized carbons (Fsp3) is 0.172. The summed E-state index contributed by atoms with van der Waals surface area (Å²) in [4.78, 5) is 0. The maximum Gasteiger partial charge on any atom is 0.131 e. The van der Waals surface area contributed by atoms with Crippen LogP contribution in [-0.4, -0.2) is 10.6 Å². The standard InChI is InChI=1S/C29H30NOP/c1-29(2,3)30-20-23-16-10-11-17-26(23)32-27-19-24(21-12-6-4-7-13-21)18-25(28(27)31)22-14-8-5-9-15-22/h4-19,30-32H,20H2,1-3H3. The third kappa shape index (κ3) is 5.46. The van der Waals surface area contributed by atoms with Gasteiger partial charge in [0.15, 0.2) is 0 Å². The molecule has 0 radical (unpaired) electrons. The summed E-state index contributed by atoms with van der Waals surface area (Å²) in [5, 5.41) is 17.1. The third-order valence-corrected chi connectivity index (χ3v) is 6.81. The lowest BCUT2D eigenvalue weighted by Gasteiger charge is -2.22. The second kappa shape index (κ2) is 9.69. The Morgan fingerprint density at radius 3 is 1.94 bits per heavy atom. The van der Waals surface area contributed by atoms with Crippen molar-refractivity contribution in [3.05, 3.63) is 103 Å². The molecule has 0 amide bonds. The fourth-order valence-corrected chi connectivity index (χ4v) is 4.95. The highest BCUT2D eigenvalue weighted by molar-refractivity contribution is 7.56. The predicted octanol–water partition coefficient (Wildman–Crippen LogP) is 6.24. The van der Waals surface area contributed by atoms with Crippen LogP contribution < -0.4 is 15.9 Å². The summed E-state index contributed by atoms with van der Waals surface area (Å²) < 4.78 is 0. The maximum absolute atomic E-state index is 11.3. The van der Waals surface area contributed by atoms with E-state index in [1.807, 2.05) is 24.3 Å². The summed E-state index contributed by atoms with van der Waals surface area (Å²) in [6.45, 7) is 7.34. The van der Waals surface area contributed by atoms with Gasteiger partial charge in [-0.25, -0.2) is 0 Å². The van der Waals surface area contributed by atoms with Gasteiger partial charge in [-0.3, -0.25) is 0 Å². The van der Waals surface area contributed by atoms with Gasteiger partial charge >= 0.3 is 0 Å². The van der Waals surface area contributed by atoms with Gasteiger partial charge in [-0.1, -0.05) is 93.5 Å². The van der Waals surface area contributed by atoms with Crippen LogP contribution >= 0.6 is 8.58 Å². The molecule has 4 aromatic carbocycles. The van der Waals surface area contributed by atoms with Crippen LogP contribution in [0.5, 0.6) is 5.75 Å². The number of rotatable bonds is 6. The molecule has 0 aromatic heterocycles. The van der Waals surface area contributed by atoms with Crippen molar-refractivity contribution in [2.24, 2.45) is 0 Å².